The molecule has 0 saturated heterocycles. The van der Waals surface area contributed by atoms with E-state index < -0.39 is 0 Å². The zero-order chi connectivity index (χ0) is 12.1. The number of Topliss-reactive ketones (excluding diaryl/α,β-unsaturated/α-hetero) is 1. The van der Waals surface area contributed by atoms with Crippen LogP contribution in [-0.4, -0.2) is 5.78 Å². The number of hydrogen-bond acceptors (Lipinski definition) is 2. The van der Waals surface area contributed by atoms with Crippen LogP contribution in [0.2, 0.25) is 5.02 Å². The second-order valence-electron chi connectivity index (χ2n) is 4.05. The summed E-state index contributed by atoms with van der Waals surface area (Å²) < 4.78 is 0. The molecule has 0 spiro atoms. The fourth-order valence-corrected chi connectivity index (χ4v) is 1.84. The maximum atomic E-state index is 11.9. The van der Waals surface area contributed by atoms with Gasteiger partial charge in [-0.15, -0.1) is 0 Å². The fraction of sp³-hybridized carbons (Fsp3) is 0.462. The van der Waals surface area contributed by atoms with Gasteiger partial charge in [0.25, 0.3) is 0 Å². The van der Waals surface area contributed by atoms with Crippen molar-refractivity contribution in [2.75, 3.05) is 5.73 Å². The van der Waals surface area contributed by atoms with Crippen molar-refractivity contribution in [1.29, 1.82) is 0 Å². The van der Waals surface area contributed by atoms with Gasteiger partial charge in [0, 0.05) is 12.0 Å². The third-order valence-corrected chi connectivity index (χ3v) is 3.28. The predicted octanol–water partition coefficient (Wildman–Crippen LogP) is 3.93. The lowest BCUT2D eigenvalue weighted by atomic mass is 9.94. The van der Waals surface area contributed by atoms with E-state index in [1.165, 1.54) is 0 Å². The molecule has 0 aromatic heterocycles. The first-order valence-corrected chi connectivity index (χ1v) is 6.04. The first-order chi connectivity index (χ1) is 7.58. The van der Waals surface area contributed by atoms with E-state index in [1.807, 2.05) is 0 Å². The number of anilines is 1. The van der Waals surface area contributed by atoms with E-state index >= 15 is 0 Å². The molecule has 1 aromatic carbocycles. The van der Waals surface area contributed by atoms with E-state index in [-0.39, 0.29) is 5.78 Å². The minimum atomic E-state index is 0.149. The molecular formula is C13H18ClNO. The molecule has 0 unspecified atom stereocenters. The minimum absolute atomic E-state index is 0.149. The highest BCUT2D eigenvalue weighted by atomic mass is 35.5. The third kappa shape index (κ3) is 3.24. The normalized spacial score (nSPS) is 10.8. The van der Waals surface area contributed by atoms with Crippen molar-refractivity contribution in [3.63, 3.8) is 0 Å². The van der Waals surface area contributed by atoms with Gasteiger partial charge < -0.3 is 5.73 Å². The molecule has 16 heavy (non-hydrogen) atoms. The lowest BCUT2D eigenvalue weighted by Gasteiger charge is -2.11. The maximum absolute atomic E-state index is 11.9. The minimum Gasteiger partial charge on any atom is -0.398 e. The number of nitrogens with two attached hydrogens (primary N) is 1. The van der Waals surface area contributed by atoms with Crippen LogP contribution < -0.4 is 5.73 Å². The van der Waals surface area contributed by atoms with Crippen LogP contribution in [0.25, 0.3) is 0 Å². The molecule has 0 atom stereocenters. The van der Waals surface area contributed by atoms with E-state index in [0.717, 1.165) is 12.8 Å². The van der Waals surface area contributed by atoms with Crippen LogP contribution in [0.1, 0.15) is 43.5 Å². The van der Waals surface area contributed by atoms with Crippen LogP contribution in [0.5, 0.6) is 0 Å². The van der Waals surface area contributed by atoms with Gasteiger partial charge in [-0.05, 0) is 24.1 Å². The summed E-state index contributed by atoms with van der Waals surface area (Å²) in [6.07, 6.45) is 2.66. The fourth-order valence-electron chi connectivity index (χ4n) is 1.66. The van der Waals surface area contributed by atoms with Crippen LogP contribution in [0.3, 0.4) is 0 Å². The molecule has 0 aliphatic carbocycles. The summed E-state index contributed by atoms with van der Waals surface area (Å²) in [5.74, 6) is 0.611. The Morgan fingerprint density at radius 3 is 2.50 bits per heavy atom. The molecule has 0 amide bonds. The molecule has 3 heteroatoms. The van der Waals surface area contributed by atoms with E-state index in [0.29, 0.717) is 28.6 Å². The van der Waals surface area contributed by atoms with Gasteiger partial charge in [0.15, 0.2) is 5.78 Å². The number of halogens is 1. The molecule has 2 nitrogen and oxygen atoms in total. The van der Waals surface area contributed by atoms with Gasteiger partial charge in [0.05, 0.1) is 10.7 Å². The SMILES string of the molecule is CCC(CC)CC(=O)c1ccc(N)c(Cl)c1. The van der Waals surface area contributed by atoms with Gasteiger partial charge in [0.2, 0.25) is 0 Å². The Hall–Kier alpha value is -1.02. The highest BCUT2D eigenvalue weighted by Crippen LogP contribution is 2.22. The third-order valence-electron chi connectivity index (χ3n) is 2.95. The van der Waals surface area contributed by atoms with Gasteiger partial charge in [-0.1, -0.05) is 38.3 Å². The Balaban J connectivity index is 2.76. The van der Waals surface area contributed by atoms with Crippen LogP contribution >= 0.6 is 11.6 Å². The van der Waals surface area contributed by atoms with E-state index in [4.69, 9.17) is 17.3 Å². The van der Waals surface area contributed by atoms with Gasteiger partial charge >= 0.3 is 0 Å². The monoisotopic (exact) mass is 239 g/mol. The summed E-state index contributed by atoms with van der Waals surface area (Å²) in [6, 6.07) is 5.08. The molecule has 0 fully saturated rings. The van der Waals surface area contributed by atoms with Crippen molar-refractivity contribution in [3.05, 3.63) is 28.8 Å². The quantitative estimate of drug-likeness (QED) is 0.625. The van der Waals surface area contributed by atoms with Crippen molar-refractivity contribution in [1.82, 2.24) is 0 Å². The van der Waals surface area contributed by atoms with Gasteiger partial charge in [-0.3, -0.25) is 4.79 Å². The molecule has 1 aromatic rings. The van der Waals surface area contributed by atoms with Crippen molar-refractivity contribution in [3.8, 4) is 0 Å². The summed E-state index contributed by atoms with van der Waals surface area (Å²) in [7, 11) is 0. The maximum Gasteiger partial charge on any atom is 0.163 e. The Morgan fingerprint density at radius 1 is 1.38 bits per heavy atom. The molecule has 0 bridgehead atoms. The van der Waals surface area contributed by atoms with Crippen LogP contribution in [0.15, 0.2) is 18.2 Å². The number of carbonyl (C=O) groups is 1. The molecule has 0 saturated carbocycles. The smallest absolute Gasteiger partial charge is 0.163 e. The Bertz CT molecular complexity index is 372. The summed E-state index contributed by atoms with van der Waals surface area (Å²) in [5, 5.41) is 0.454. The van der Waals surface area contributed by atoms with Gasteiger partial charge in [-0.2, -0.15) is 0 Å². The Morgan fingerprint density at radius 2 is 2.00 bits per heavy atom. The lowest BCUT2D eigenvalue weighted by molar-refractivity contribution is 0.0959. The number of benzene rings is 1. The topological polar surface area (TPSA) is 43.1 Å². The number of ketones is 1. The summed E-state index contributed by atoms with van der Waals surface area (Å²) in [4.78, 5) is 11.9. The Labute approximate surface area is 102 Å². The molecule has 0 aliphatic rings. The van der Waals surface area contributed by atoms with Gasteiger partial charge in [0.1, 0.15) is 0 Å². The first kappa shape index (κ1) is 13.0. The number of rotatable bonds is 5. The Kier molecular flexibility index (Phi) is 4.81. The average molecular weight is 240 g/mol. The summed E-state index contributed by atoms with van der Waals surface area (Å²) >= 11 is 5.88. The van der Waals surface area contributed by atoms with Crippen molar-refractivity contribution >= 4 is 23.1 Å². The van der Waals surface area contributed by atoms with Gasteiger partial charge in [-0.25, -0.2) is 0 Å². The van der Waals surface area contributed by atoms with Crippen molar-refractivity contribution in [2.24, 2.45) is 5.92 Å². The molecule has 0 radical (unpaired) electrons. The zero-order valence-corrected chi connectivity index (χ0v) is 10.6. The standard InChI is InChI=1S/C13H18ClNO/c1-3-9(4-2)7-13(16)10-5-6-12(15)11(14)8-10/h5-6,8-9H,3-4,7,15H2,1-2H3. The van der Waals surface area contributed by atoms with E-state index in [2.05, 4.69) is 13.8 Å². The molecule has 88 valence electrons. The first-order valence-electron chi connectivity index (χ1n) is 5.66. The summed E-state index contributed by atoms with van der Waals surface area (Å²) in [5.41, 5.74) is 6.77. The zero-order valence-electron chi connectivity index (χ0n) is 9.79. The largest absolute Gasteiger partial charge is 0.398 e. The predicted molar refractivity (Wildman–Crippen MR) is 68.9 cm³/mol. The van der Waals surface area contributed by atoms with Crippen molar-refractivity contribution in [2.45, 2.75) is 33.1 Å². The molecule has 1 rings (SSSR count). The van der Waals surface area contributed by atoms with Crippen LogP contribution in [0, 0.1) is 5.92 Å². The number of carbonyl (C=O) groups excluding carboxylic acids is 1. The average Bonchev–Trinajstić information content (AvgIpc) is 2.29. The number of nitrogen functional groups attached to an aromatic ring is 1. The van der Waals surface area contributed by atoms with E-state index in [1.54, 1.807) is 18.2 Å². The molecule has 2 N–H and O–H groups in total. The second-order valence-corrected chi connectivity index (χ2v) is 4.45. The molecule has 0 aliphatic heterocycles. The second kappa shape index (κ2) is 5.90. The lowest BCUT2D eigenvalue weighted by Crippen LogP contribution is -2.07. The highest BCUT2D eigenvalue weighted by molar-refractivity contribution is 6.33. The van der Waals surface area contributed by atoms with Crippen LogP contribution in [0.4, 0.5) is 5.69 Å². The van der Waals surface area contributed by atoms with Crippen LogP contribution in [-0.2, 0) is 0 Å². The van der Waals surface area contributed by atoms with E-state index in [9.17, 15) is 4.79 Å². The number of hydrogen-bond donors (Lipinski definition) is 1. The highest BCUT2D eigenvalue weighted by Gasteiger charge is 2.13. The summed E-state index contributed by atoms with van der Waals surface area (Å²) in [6.45, 7) is 4.22. The molecule has 0 heterocycles. The molecular weight excluding hydrogens is 222 g/mol. The van der Waals surface area contributed by atoms with Crippen molar-refractivity contribution < 1.29 is 4.79 Å².